The molecule has 7 heteroatoms. The number of amides is 1. The van der Waals surface area contributed by atoms with Crippen LogP contribution in [-0.2, 0) is 11.2 Å². The van der Waals surface area contributed by atoms with Gasteiger partial charge >= 0.3 is 6.09 Å². The predicted molar refractivity (Wildman–Crippen MR) is 121 cm³/mol. The fourth-order valence-electron chi connectivity index (χ4n) is 4.08. The summed E-state index contributed by atoms with van der Waals surface area (Å²) >= 11 is 0. The third kappa shape index (κ3) is 6.43. The Labute approximate surface area is 189 Å². The minimum atomic E-state index is -0.921. The number of benzene rings is 2. The van der Waals surface area contributed by atoms with Gasteiger partial charge in [-0.05, 0) is 51.9 Å². The highest BCUT2D eigenvalue weighted by Crippen LogP contribution is 2.30. The molecule has 2 aromatic rings. The van der Waals surface area contributed by atoms with Crippen molar-refractivity contribution in [3.05, 3.63) is 66.0 Å². The highest BCUT2D eigenvalue weighted by molar-refractivity contribution is 5.68. The van der Waals surface area contributed by atoms with E-state index in [2.05, 4.69) is 17.4 Å². The molecule has 2 N–H and O–H groups in total. The van der Waals surface area contributed by atoms with Gasteiger partial charge < -0.3 is 19.9 Å². The lowest BCUT2D eigenvalue weighted by Crippen LogP contribution is -2.53. The number of ether oxygens (including phenoxy) is 2. The molecule has 0 aliphatic heterocycles. The van der Waals surface area contributed by atoms with Gasteiger partial charge in [-0.3, -0.25) is 4.90 Å². The van der Waals surface area contributed by atoms with Gasteiger partial charge in [0.15, 0.2) is 11.6 Å². The highest BCUT2D eigenvalue weighted by Gasteiger charge is 2.47. The summed E-state index contributed by atoms with van der Waals surface area (Å²) in [5, 5.41) is 14.0. The first-order chi connectivity index (χ1) is 15.1. The van der Waals surface area contributed by atoms with Crippen molar-refractivity contribution in [3.8, 4) is 5.75 Å². The number of likely N-dealkylation sites (N-methyl/N-ethyl adjacent to an activating group) is 1. The number of rotatable bonds is 7. The molecule has 0 radical (unpaired) electrons. The van der Waals surface area contributed by atoms with Crippen molar-refractivity contribution >= 4 is 6.09 Å². The van der Waals surface area contributed by atoms with Crippen LogP contribution in [0.15, 0.2) is 54.6 Å². The Hall–Kier alpha value is -2.64. The minimum Gasteiger partial charge on any atom is -0.485 e. The smallest absolute Gasteiger partial charge is 0.407 e. The number of hydrogen-bond acceptors (Lipinski definition) is 5. The molecular formula is C25H33FN2O4. The number of para-hydroxylation sites is 1. The predicted octanol–water partition coefficient (Wildman–Crippen LogP) is 3.77. The summed E-state index contributed by atoms with van der Waals surface area (Å²) in [6, 6.07) is 15.3. The first-order valence-corrected chi connectivity index (χ1v) is 11.0. The van der Waals surface area contributed by atoms with E-state index in [1.54, 1.807) is 32.9 Å². The average Bonchev–Trinajstić information content (AvgIpc) is 3.02. The first-order valence-electron chi connectivity index (χ1n) is 11.0. The maximum atomic E-state index is 14.1. The second kappa shape index (κ2) is 10.3. The zero-order valence-corrected chi connectivity index (χ0v) is 19.1. The summed E-state index contributed by atoms with van der Waals surface area (Å²) in [4.78, 5) is 14.5. The SMILES string of the molecule is CN(CCc1ccccc1)[C@@H]1[C@@H](O)[C@H](Oc2ccccc2F)C[C@H]1NC(=O)OC(C)(C)C. The minimum absolute atomic E-state index is 0.0835. The summed E-state index contributed by atoms with van der Waals surface area (Å²) in [5.41, 5.74) is 0.543. The van der Waals surface area contributed by atoms with Crippen LogP contribution in [0, 0.1) is 5.82 Å². The number of carbonyl (C=O) groups excluding carboxylic acids is 1. The molecular weight excluding hydrogens is 411 g/mol. The van der Waals surface area contributed by atoms with Gasteiger partial charge in [0.25, 0.3) is 0 Å². The standard InChI is InChI=1S/C25H33FN2O4/c1-25(2,3)32-24(30)27-19-16-21(31-20-13-9-8-12-18(20)26)23(29)22(19)28(4)15-14-17-10-6-5-7-11-17/h5-13,19,21-23,29H,14-16H2,1-4H3,(H,27,30)/t19-,21-,22+,23+/m1/s1. The largest absolute Gasteiger partial charge is 0.485 e. The number of alkyl carbamates (subject to hydrolysis) is 1. The van der Waals surface area contributed by atoms with Crippen LogP contribution in [0.3, 0.4) is 0 Å². The van der Waals surface area contributed by atoms with E-state index in [1.807, 2.05) is 30.1 Å². The Morgan fingerprint density at radius 3 is 2.47 bits per heavy atom. The van der Waals surface area contributed by atoms with E-state index >= 15 is 0 Å². The van der Waals surface area contributed by atoms with Crippen LogP contribution in [0.4, 0.5) is 9.18 Å². The topological polar surface area (TPSA) is 71.0 Å². The number of aliphatic hydroxyl groups is 1. The number of halogens is 1. The third-order valence-corrected chi connectivity index (χ3v) is 5.55. The molecule has 1 saturated carbocycles. The van der Waals surface area contributed by atoms with Gasteiger partial charge in [-0.1, -0.05) is 42.5 Å². The maximum Gasteiger partial charge on any atom is 0.407 e. The summed E-state index contributed by atoms with van der Waals surface area (Å²) in [6.07, 6.45) is -1.03. The molecule has 6 nitrogen and oxygen atoms in total. The molecule has 0 unspecified atom stereocenters. The quantitative estimate of drug-likeness (QED) is 0.680. The Bertz CT molecular complexity index is 887. The van der Waals surface area contributed by atoms with Gasteiger partial charge in [0.2, 0.25) is 0 Å². The van der Waals surface area contributed by atoms with Crippen LogP contribution in [0.1, 0.15) is 32.8 Å². The van der Waals surface area contributed by atoms with Gasteiger partial charge in [0, 0.05) is 13.0 Å². The first kappa shape index (κ1) is 24.0. The number of hydrogen-bond donors (Lipinski definition) is 2. The van der Waals surface area contributed by atoms with Crippen LogP contribution in [0.2, 0.25) is 0 Å². The van der Waals surface area contributed by atoms with Crippen molar-refractivity contribution in [2.24, 2.45) is 0 Å². The molecule has 4 atom stereocenters. The molecule has 1 fully saturated rings. The second-order valence-electron chi connectivity index (χ2n) is 9.27. The molecule has 3 rings (SSSR count). The second-order valence-corrected chi connectivity index (χ2v) is 9.27. The summed E-state index contributed by atoms with van der Waals surface area (Å²) in [5.74, 6) is -0.405. The Morgan fingerprint density at radius 2 is 1.81 bits per heavy atom. The fourth-order valence-corrected chi connectivity index (χ4v) is 4.08. The lowest BCUT2D eigenvalue weighted by molar-refractivity contribution is 0.0120. The molecule has 0 heterocycles. The summed E-state index contributed by atoms with van der Waals surface area (Å²) < 4.78 is 25.4. The number of aliphatic hydroxyl groups excluding tert-OH is 1. The Kier molecular flexibility index (Phi) is 7.74. The molecule has 1 aliphatic carbocycles. The van der Waals surface area contributed by atoms with Crippen LogP contribution in [0.25, 0.3) is 0 Å². The highest BCUT2D eigenvalue weighted by atomic mass is 19.1. The van der Waals surface area contributed by atoms with Gasteiger partial charge in [0.1, 0.15) is 17.8 Å². The van der Waals surface area contributed by atoms with Crippen molar-refractivity contribution in [2.75, 3.05) is 13.6 Å². The van der Waals surface area contributed by atoms with E-state index in [0.717, 1.165) is 6.42 Å². The molecule has 1 amide bonds. The van der Waals surface area contributed by atoms with E-state index in [4.69, 9.17) is 9.47 Å². The van der Waals surface area contributed by atoms with Gasteiger partial charge in [-0.2, -0.15) is 0 Å². The van der Waals surface area contributed by atoms with Crippen molar-refractivity contribution in [3.63, 3.8) is 0 Å². The molecule has 0 saturated heterocycles. The molecule has 0 spiro atoms. The van der Waals surface area contributed by atoms with Crippen molar-refractivity contribution in [2.45, 2.75) is 63.5 Å². The van der Waals surface area contributed by atoms with Crippen LogP contribution < -0.4 is 10.1 Å². The molecule has 0 bridgehead atoms. The zero-order chi connectivity index (χ0) is 23.3. The van der Waals surface area contributed by atoms with E-state index in [9.17, 15) is 14.3 Å². The zero-order valence-electron chi connectivity index (χ0n) is 19.1. The normalized spacial score (nSPS) is 23.2. The van der Waals surface area contributed by atoms with Crippen LogP contribution in [-0.4, -0.2) is 59.6 Å². The van der Waals surface area contributed by atoms with E-state index in [-0.39, 0.29) is 5.75 Å². The van der Waals surface area contributed by atoms with Crippen LogP contribution in [0.5, 0.6) is 5.75 Å². The van der Waals surface area contributed by atoms with Gasteiger partial charge in [-0.25, -0.2) is 9.18 Å². The lowest BCUT2D eigenvalue weighted by atomic mass is 10.1. The van der Waals surface area contributed by atoms with Crippen molar-refractivity contribution in [1.29, 1.82) is 0 Å². The maximum absolute atomic E-state index is 14.1. The van der Waals surface area contributed by atoms with E-state index in [0.29, 0.717) is 13.0 Å². The third-order valence-electron chi connectivity index (χ3n) is 5.55. The molecule has 174 valence electrons. The van der Waals surface area contributed by atoms with Crippen molar-refractivity contribution in [1.82, 2.24) is 10.2 Å². The lowest BCUT2D eigenvalue weighted by Gasteiger charge is -2.32. The fraction of sp³-hybridized carbons (Fsp3) is 0.480. The average molecular weight is 445 g/mol. The van der Waals surface area contributed by atoms with E-state index < -0.39 is 41.8 Å². The summed E-state index contributed by atoms with van der Waals surface area (Å²) in [7, 11) is 1.91. The number of nitrogens with zero attached hydrogens (tertiary/aromatic N) is 1. The van der Waals surface area contributed by atoms with Gasteiger partial charge in [0.05, 0.1) is 12.1 Å². The Morgan fingerprint density at radius 1 is 1.16 bits per heavy atom. The monoisotopic (exact) mass is 444 g/mol. The summed E-state index contributed by atoms with van der Waals surface area (Å²) in [6.45, 7) is 6.06. The number of carbonyl (C=O) groups is 1. The van der Waals surface area contributed by atoms with Gasteiger partial charge in [-0.15, -0.1) is 0 Å². The molecule has 0 aromatic heterocycles. The number of nitrogens with one attached hydrogen (secondary N) is 1. The van der Waals surface area contributed by atoms with E-state index in [1.165, 1.54) is 17.7 Å². The Balaban J connectivity index is 1.74. The van der Waals surface area contributed by atoms with Crippen LogP contribution >= 0.6 is 0 Å². The molecule has 2 aromatic carbocycles. The van der Waals surface area contributed by atoms with Crippen molar-refractivity contribution < 1.29 is 23.8 Å². The molecule has 32 heavy (non-hydrogen) atoms. The molecule has 1 aliphatic rings.